The molecule has 0 bridgehead atoms. The van der Waals surface area contributed by atoms with Crippen molar-refractivity contribution in [3.8, 4) is 0 Å². The molecule has 1 saturated heterocycles. The molecule has 15 heavy (non-hydrogen) atoms. The van der Waals surface area contributed by atoms with Gasteiger partial charge in [-0.15, -0.1) is 0 Å². The fraction of sp³-hybridized carbons (Fsp3) is 1.00. The average Bonchev–Trinajstić information content (AvgIpc) is 2.21. The molecule has 2 N–H and O–H groups in total. The first-order chi connectivity index (χ1) is 7.17. The molecule has 1 rings (SSSR count). The van der Waals surface area contributed by atoms with Gasteiger partial charge in [0.1, 0.15) is 0 Å². The number of nitrogens with zero attached hydrogens (tertiary/aromatic N) is 1. The van der Waals surface area contributed by atoms with Crippen molar-refractivity contribution in [3.63, 3.8) is 0 Å². The summed E-state index contributed by atoms with van der Waals surface area (Å²) in [7, 11) is 0. The van der Waals surface area contributed by atoms with E-state index in [1.165, 1.54) is 38.8 Å². The Balaban J connectivity index is 2.35. The van der Waals surface area contributed by atoms with Gasteiger partial charge in [0.05, 0.1) is 0 Å². The third-order valence-electron chi connectivity index (χ3n) is 3.80. The van der Waals surface area contributed by atoms with Crippen molar-refractivity contribution < 1.29 is 0 Å². The Hall–Kier alpha value is -0.0800. The Bertz CT molecular complexity index is 170. The minimum absolute atomic E-state index is 0.714. The highest BCUT2D eigenvalue weighted by molar-refractivity contribution is 4.79. The summed E-state index contributed by atoms with van der Waals surface area (Å²) in [5.74, 6) is 1.63. The molecule has 0 aromatic heterocycles. The van der Waals surface area contributed by atoms with Gasteiger partial charge in [-0.3, -0.25) is 0 Å². The number of hydrogen-bond donors (Lipinski definition) is 1. The summed E-state index contributed by atoms with van der Waals surface area (Å²) in [5, 5.41) is 0. The quantitative estimate of drug-likeness (QED) is 0.758. The SMILES string of the molecule is CCCC(CN)CN1CCC(C)CC1C. The van der Waals surface area contributed by atoms with E-state index in [-0.39, 0.29) is 0 Å². The van der Waals surface area contributed by atoms with E-state index >= 15 is 0 Å². The highest BCUT2D eigenvalue weighted by atomic mass is 15.2. The van der Waals surface area contributed by atoms with Gasteiger partial charge in [-0.05, 0) is 51.1 Å². The molecule has 0 amide bonds. The fourth-order valence-electron chi connectivity index (χ4n) is 2.75. The topological polar surface area (TPSA) is 29.3 Å². The van der Waals surface area contributed by atoms with Crippen LogP contribution in [0.1, 0.15) is 46.5 Å². The molecular formula is C13H28N2. The van der Waals surface area contributed by atoms with Crippen LogP contribution in [0.2, 0.25) is 0 Å². The molecule has 0 saturated carbocycles. The number of likely N-dealkylation sites (tertiary alicyclic amines) is 1. The highest BCUT2D eigenvalue weighted by Crippen LogP contribution is 2.23. The van der Waals surface area contributed by atoms with E-state index in [0.717, 1.165) is 18.5 Å². The van der Waals surface area contributed by atoms with E-state index in [9.17, 15) is 0 Å². The first-order valence-electron chi connectivity index (χ1n) is 6.61. The lowest BCUT2D eigenvalue weighted by Gasteiger charge is -2.38. The Morgan fingerprint density at radius 3 is 2.67 bits per heavy atom. The Labute approximate surface area is 95.2 Å². The summed E-state index contributed by atoms with van der Waals surface area (Å²) in [6.45, 7) is 10.4. The van der Waals surface area contributed by atoms with Gasteiger partial charge >= 0.3 is 0 Å². The second kappa shape index (κ2) is 6.49. The lowest BCUT2D eigenvalue weighted by molar-refractivity contribution is 0.109. The number of rotatable bonds is 5. The van der Waals surface area contributed by atoms with Crippen LogP contribution >= 0.6 is 0 Å². The van der Waals surface area contributed by atoms with Gasteiger partial charge in [0.2, 0.25) is 0 Å². The molecule has 3 atom stereocenters. The van der Waals surface area contributed by atoms with Gasteiger partial charge < -0.3 is 10.6 Å². The van der Waals surface area contributed by atoms with Gasteiger partial charge in [-0.25, -0.2) is 0 Å². The number of nitrogens with two attached hydrogens (primary N) is 1. The molecule has 0 aliphatic carbocycles. The summed E-state index contributed by atoms with van der Waals surface area (Å²) in [5.41, 5.74) is 5.82. The van der Waals surface area contributed by atoms with E-state index < -0.39 is 0 Å². The minimum Gasteiger partial charge on any atom is -0.330 e. The van der Waals surface area contributed by atoms with Crippen LogP contribution in [0, 0.1) is 11.8 Å². The zero-order valence-electron chi connectivity index (χ0n) is 10.7. The summed E-state index contributed by atoms with van der Waals surface area (Å²) < 4.78 is 0. The smallest absolute Gasteiger partial charge is 0.00695 e. The van der Waals surface area contributed by atoms with Gasteiger partial charge in [-0.1, -0.05) is 20.3 Å². The Morgan fingerprint density at radius 1 is 1.40 bits per heavy atom. The van der Waals surface area contributed by atoms with Crippen molar-refractivity contribution in [2.45, 2.75) is 52.5 Å². The molecule has 1 aliphatic rings. The van der Waals surface area contributed by atoms with Gasteiger partial charge in [0.25, 0.3) is 0 Å². The average molecular weight is 212 g/mol. The van der Waals surface area contributed by atoms with Crippen LogP contribution in [0.4, 0.5) is 0 Å². The van der Waals surface area contributed by atoms with E-state index in [0.29, 0.717) is 5.92 Å². The lowest BCUT2D eigenvalue weighted by atomic mass is 9.92. The largest absolute Gasteiger partial charge is 0.330 e. The van der Waals surface area contributed by atoms with Crippen LogP contribution in [0.3, 0.4) is 0 Å². The van der Waals surface area contributed by atoms with Gasteiger partial charge in [0.15, 0.2) is 0 Å². The van der Waals surface area contributed by atoms with Crippen molar-refractivity contribution in [2.75, 3.05) is 19.6 Å². The molecule has 0 radical (unpaired) electrons. The highest BCUT2D eigenvalue weighted by Gasteiger charge is 2.24. The molecule has 0 aromatic carbocycles. The van der Waals surface area contributed by atoms with Gasteiger partial charge in [0, 0.05) is 12.6 Å². The third kappa shape index (κ3) is 4.12. The van der Waals surface area contributed by atoms with Crippen LogP contribution < -0.4 is 5.73 Å². The molecule has 2 nitrogen and oxygen atoms in total. The van der Waals surface area contributed by atoms with Gasteiger partial charge in [-0.2, -0.15) is 0 Å². The van der Waals surface area contributed by atoms with E-state index in [4.69, 9.17) is 5.73 Å². The van der Waals surface area contributed by atoms with E-state index in [1.807, 2.05) is 0 Å². The van der Waals surface area contributed by atoms with Crippen LogP contribution in [0.5, 0.6) is 0 Å². The molecule has 90 valence electrons. The third-order valence-corrected chi connectivity index (χ3v) is 3.80. The van der Waals surface area contributed by atoms with Crippen molar-refractivity contribution in [1.82, 2.24) is 4.90 Å². The lowest BCUT2D eigenvalue weighted by Crippen LogP contribution is -2.43. The molecule has 0 spiro atoms. The number of hydrogen-bond acceptors (Lipinski definition) is 2. The van der Waals surface area contributed by atoms with E-state index in [1.54, 1.807) is 0 Å². The molecule has 3 unspecified atom stereocenters. The first-order valence-corrected chi connectivity index (χ1v) is 6.61. The van der Waals surface area contributed by atoms with Crippen molar-refractivity contribution in [2.24, 2.45) is 17.6 Å². The molecule has 1 aliphatic heterocycles. The van der Waals surface area contributed by atoms with Crippen molar-refractivity contribution in [3.05, 3.63) is 0 Å². The fourth-order valence-corrected chi connectivity index (χ4v) is 2.75. The normalized spacial score (nSPS) is 30.4. The maximum absolute atomic E-state index is 5.82. The summed E-state index contributed by atoms with van der Waals surface area (Å²) >= 11 is 0. The predicted octanol–water partition coefficient (Wildman–Crippen LogP) is 2.48. The predicted molar refractivity (Wildman–Crippen MR) is 66.9 cm³/mol. The van der Waals surface area contributed by atoms with Crippen LogP contribution in [-0.2, 0) is 0 Å². The molecule has 1 heterocycles. The zero-order chi connectivity index (χ0) is 11.3. The van der Waals surface area contributed by atoms with Crippen LogP contribution in [0.25, 0.3) is 0 Å². The summed E-state index contributed by atoms with van der Waals surface area (Å²) in [4.78, 5) is 2.65. The number of piperidine rings is 1. The maximum Gasteiger partial charge on any atom is 0.00695 e. The summed E-state index contributed by atoms with van der Waals surface area (Å²) in [6.07, 6.45) is 5.28. The second-order valence-electron chi connectivity index (χ2n) is 5.36. The Morgan fingerprint density at radius 2 is 2.13 bits per heavy atom. The minimum atomic E-state index is 0.714. The Kier molecular flexibility index (Phi) is 5.62. The first kappa shape index (κ1) is 13.0. The zero-order valence-corrected chi connectivity index (χ0v) is 10.7. The summed E-state index contributed by atoms with van der Waals surface area (Å²) in [6, 6.07) is 0.764. The molecule has 1 fully saturated rings. The molecular weight excluding hydrogens is 184 g/mol. The van der Waals surface area contributed by atoms with E-state index in [2.05, 4.69) is 25.7 Å². The standard InChI is InChI=1S/C13H28N2/c1-4-5-13(9-14)10-15-7-6-11(2)8-12(15)3/h11-13H,4-10,14H2,1-3H3. The monoisotopic (exact) mass is 212 g/mol. The van der Waals surface area contributed by atoms with Crippen LogP contribution in [0.15, 0.2) is 0 Å². The van der Waals surface area contributed by atoms with Crippen molar-refractivity contribution >= 4 is 0 Å². The molecule has 2 heteroatoms. The molecule has 0 aromatic rings. The maximum atomic E-state index is 5.82. The second-order valence-corrected chi connectivity index (χ2v) is 5.36. The van der Waals surface area contributed by atoms with Crippen LogP contribution in [-0.4, -0.2) is 30.6 Å². The van der Waals surface area contributed by atoms with Crippen molar-refractivity contribution in [1.29, 1.82) is 0 Å².